The van der Waals surface area contributed by atoms with E-state index in [4.69, 9.17) is 0 Å². The Bertz CT molecular complexity index is 3210. The fourth-order valence-electron chi connectivity index (χ4n) is 8.69. The van der Waals surface area contributed by atoms with Crippen molar-refractivity contribution in [1.82, 2.24) is 9.13 Å². The SMILES string of the molecule is c1ccc(-c2ccc(-c3ccc4c5cc(-c6ccc7c(c6)c6ccccc6n7-c6ccccc6)ccc5n(-c5ccccc5)c4c3)c(-c3ccccc3)c2)cc1. The summed E-state index contributed by atoms with van der Waals surface area (Å²) in [5.41, 5.74) is 16.8. The number of nitrogens with zero attached hydrogens (tertiary/aromatic N) is 2. The number of hydrogen-bond donors (Lipinski definition) is 0. The van der Waals surface area contributed by atoms with Gasteiger partial charge in [-0.1, -0.05) is 152 Å². The van der Waals surface area contributed by atoms with Gasteiger partial charge in [0.25, 0.3) is 0 Å². The van der Waals surface area contributed by atoms with Crippen molar-refractivity contribution in [3.05, 3.63) is 218 Å². The van der Waals surface area contributed by atoms with Crippen molar-refractivity contribution in [3.8, 4) is 55.9 Å². The highest BCUT2D eigenvalue weighted by molar-refractivity contribution is 6.13. The molecule has 0 aliphatic heterocycles. The van der Waals surface area contributed by atoms with Crippen molar-refractivity contribution in [2.24, 2.45) is 0 Å². The Kier molecular flexibility index (Phi) is 7.53. The van der Waals surface area contributed by atoms with Crippen LogP contribution >= 0.6 is 0 Å². The number of rotatable bonds is 6. The van der Waals surface area contributed by atoms with E-state index in [1.807, 2.05) is 0 Å². The summed E-state index contributed by atoms with van der Waals surface area (Å²) < 4.78 is 4.80. The standard InChI is InChI=1S/C54H36N2/c1-5-15-37(16-6-1)39-25-29-45(48(33-39)38-17-7-2-8-18-38)42-26-30-47-50-35-41(28-32-53(50)56(54(47)36-42)44-21-11-4-12-22-44)40-27-31-52-49(34-40)46-23-13-14-24-51(46)55(52)43-19-9-3-10-20-43/h1-36H. The summed E-state index contributed by atoms with van der Waals surface area (Å²) >= 11 is 0. The average Bonchev–Trinajstić information content (AvgIpc) is 3.79. The Balaban J connectivity index is 1.10. The van der Waals surface area contributed by atoms with Gasteiger partial charge < -0.3 is 9.13 Å². The zero-order valence-electron chi connectivity index (χ0n) is 30.7. The summed E-state index contributed by atoms with van der Waals surface area (Å²) in [6.45, 7) is 0. The minimum Gasteiger partial charge on any atom is -0.309 e. The minimum atomic E-state index is 1.15. The molecular formula is C54H36N2. The Morgan fingerprint density at radius 1 is 0.214 bits per heavy atom. The third-order valence-electron chi connectivity index (χ3n) is 11.3. The molecule has 2 heterocycles. The van der Waals surface area contributed by atoms with Crippen LogP contribution in [0.1, 0.15) is 0 Å². The Hall–Kier alpha value is -7.42. The van der Waals surface area contributed by atoms with Gasteiger partial charge in [0.15, 0.2) is 0 Å². The smallest absolute Gasteiger partial charge is 0.0547 e. The maximum atomic E-state index is 2.43. The van der Waals surface area contributed by atoms with Crippen LogP contribution in [0.15, 0.2) is 218 Å². The molecule has 0 unspecified atom stereocenters. The molecule has 0 aliphatic carbocycles. The van der Waals surface area contributed by atoms with Crippen LogP contribution in [-0.4, -0.2) is 9.13 Å². The van der Waals surface area contributed by atoms with Crippen molar-refractivity contribution in [3.63, 3.8) is 0 Å². The molecular weight excluding hydrogens is 677 g/mol. The molecule has 2 heteroatoms. The van der Waals surface area contributed by atoms with E-state index in [-0.39, 0.29) is 0 Å². The van der Waals surface area contributed by atoms with E-state index in [0.29, 0.717) is 0 Å². The molecule has 0 spiro atoms. The van der Waals surface area contributed by atoms with E-state index in [2.05, 4.69) is 228 Å². The molecule has 56 heavy (non-hydrogen) atoms. The number of hydrogen-bond acceptors (Lipinski definition) is 0. The molecule has 0 bridgehead atoms. The Morgan fingerprint density at radius 3 is 1.29 bits per heavy atom. The predicted molar refractivity (Wildman–Crippen MR) is 237 cm³/mol. The molecule has 0 saturated carbocycles. The van der Waals surface area contributed by atoms with Crippen LogP contribution in [0.5, 0.6) is 0 Å². The highest BCUT2D eigenvalue weighted by atomic mass is 15.0. The van der Waals surface area contributed by atoms with E-state index in [9.17, 15) is 0 Å². The number of fused-ring (bicyclic) bond motifs is 6. The first-order chi connectivity index (χ1) is 27.8. The van der Waals surface area contributed by atoms with Crippen molar-refractivity contribution >= 4 is 43.6 Å². The van der Waals surface area contributed by atoms with Gasteiger partial charge >= 0.3 is 0 Å². The van der Waals surface area contributed by atoms with Crippen LogP contribution < -0.4 is 0 Å². The van der Waals surface area contributed by atoms with Crippen molar-refractivity contribution in [2.45, 2.75) is 0 Å². The van der Waals surface area contributed by atoms with Gasteiger partial charge in [0.05, 0.1) is 22.1 Å². The topological polar surface area (TPSA) is 9.86 Å². The third-order valence-corrected chi connectivity index (χ3v) is 11.3. The number of benzene rings is 9. The Labute approximate surface area is 325 Å². The van der Waals surface area contributed by atoms with Crippen molar-refractivity contribution in [2.75, 3.05) is 0 Å². The van der Waals surface area contributed by atoms with Gasteiger partial charge in [-0.3, -0.25) is 0 Å². The molecule has 0 radical (unpaired) electrons. The van der Waals surface area contributed by atoms with E-state index < -0.39 is 0 Å². The summed E-state index contributed by atoms with van der Waals surface area (Å²) in [4.78, 5) is 0. The van der Waals surface area contributed by atoms with Crippen LogP contribution in [0.25, 0.3) is 99.5 Å². The zero-order chi connectivity index (χ0) is 37.0. The number of aromatic nitrogens is 2. The maximum Gasteiger partial charge on any atom is 0.0547 e. The molecule has 11 rings (SSSR count). The average molecular weight is 713 g/mol. The van der Waals surface area contributed by atoms with Gasteiger partial charge in [0.2, 0.25) is 0 Å². The lowest BCUT2D eigenvalue weighted by Gasteiger charge is -2.14. The quantitative estimate of drug-likeness (QED) is 0.162. The predicted octanol–water partition coefficient (Wildman–Crippen LogP) is 14.5. The van der Waals surface area contributed by atoms with E-state index >= 15 is 0 Å². The lowest BCUT2D eigenvalue weighted by Crippen LogP contribution is -1.94. The van der Waals surface area contributed by atoms with Crippen LogP contribution in [0, 0.1) is 0 Å². The molecule has 262 valence electrons. The van der Waals surface area contributed by atoms with Crippen molar-refractivity contribution < 1.29 is 0 Å². The second-order valence-electron chi connectivity index (χ2n) is 14.5. The molecule has 9 aromatic carbocycles. The molecule has 0 fully saturated rings. The van der Waals surface area contributed by atoms with Gasteiger partial charge in [-0.2, -0.15) is 0 Å². The molecule has 11 aromatic rings. The molecule has 0 saturated heterocycles. The fourth-order valence-corrected chi connectivity index (χ4v) is 8.69. The second-order valence-corrected chi connectivity index (χ2v) is 14.5. The normalized spacial score (nSPS) is 11.6. The monoisotopic (exact) mass is 712 g/mol. The number of para-hydroxylation sites is 3. The molecule has 0 atom stereocenters. The van der Waals surface area contributed by atoms with Crippen LogP contribution in [0.2, 0.25) is 0 Å². The van der Waals surface area contributed by atoms with Gasteiger partial charge in [0, 0.05) is 32.9 Å². The van der Waals surface area contributed by atoms with Gasteiger partial charge in [-0.15, -0.1) is 0 Å². The third kappa shape index (κ3) is 5.26. The maximum absolute atomic E-state index is 2.43. The molecule has 0 N–H and O–H groups in total. The van der Waals surface area contributed by atoms with E-state index in [0.717, 1.165) is 5.69 Å². The first-order valence-electron chi connectivity index (χ1n) is 19.3. The molecule has 2 nitrogen and oxygen atoms in total. The summed E-state index contributed by atoms with van der Waals surface area (Å²) in [6, 6.07) is 79.4. The largest absolute Gasteiger partial charge is 0.309 e. The van der Waals surface area contributed by atoms with Crippen LogP contribution in [-0.2, 0) is 0 Å². The molecule has 0 amide bonds. The van der Waals surface area contributed by atoms with E-state index in [1.54, 1.807) is 0 Å². The summed E-state index contributed by atoms with van der Waals surface area (Å²) in [7, 11) is 0. The highest BCUT2D eigenvalue weighted by Crippen LogP contribution is 2.41. The first-order valence-corrected chi connectivity index (χ1v) is 19.3. The molecule has 2 aromatic heterocycles. The van der Waals surface area contributed by atoms with E-state index in [1.165, 1.54) is 93.8 Å². The van der Waals surface area contributed by atoms with Crippen molar-refractivity contribution in [1.29, 1.82) is 0 Å². The minimum absolute atomic E-state index is 1.15. The fraction of sp³-hybridized carbons (Fsp3) is 0. The summed E-state index contributed by atoms with van der Waals surface area (Å²) in [5.74, 6) is 0. The highest BCUT2D eigenvalue weighted by Gasteiger charge is 2.18. The first kappa shape index (κ1) is 32.0. The lowest BCUT2D eigenvalue weighted by molar-refractivity contribution is 1.18. The summed E-state index contributed by atoms with van der Waals surface area (Å²) in [6.07, 6.45) is 0. The van der Waals surface area contributed by atoms with Gasteiger partial charge in [-0.05, 0) is 111 Å². The zero-order valence-corrected chi connectivity index (χ0v) is 30.7. The second kappa shape index (κ2) is 13.2. The Morgan fingerprint density at radius 2 is 0.661 bits per heavy atom. The van der Waals surface area contributed by atoms with Crippen LogP contribution in [0.3, 0.4) is 0 Å². The van der Waals surface area contributed by atoms with Crippen LogP contribution in [0.4, 0.5) is 0 Å². The molecule has 0 aliphatic rings. The summed E-state index contributed by atoms with van der Waals surface area (Å²) in [5, 5.41) is 4.99. The van der Waals surface area contributed by atoms with Gasteiger partial charge in [0.1, 0.15) is 0 Å². The lowest BCUT2D eigenvalue weighted by atomic mass is 9.90. The van der Waals surface area contributed by atoms with Gasteiger partial charge in [-0.25, -0.2) is 0 Å².